The average molecular weight is 311 g/mol. The lowest BCUT2D eigenvalue weighted by Gasteiger charge is -2.05. The number of ether oxygens (including phenoxy) is 1. The third-order valence-corrected chi connectivity index (χ3v) is 4.01. The largest absolute Gasteiger partial charge is 0.495 e. The van der Waals surface area contributed by atoms with Crippen LogP contribution in [0.1, 0.15) is 20.8 Å². The zero-order valence-electron chi connectivity index (χ0n) is 9.49. The predicted octanol–water partition coefficient (Wildman–Crippen LogP) is 4.06. The van der Waals surface area contributed by atoms with Crippen molar-refractivity contribution in [2.24, 2.45) is 0 Å². The van der Waals surface area contributed by atoms with Crippen molar-refractivity contribution in [1.82, 2.24) is 0 Å². The first-order valence-electron chi connectivity index (χ1n) is 5.06. The molecule has 0 aliphatic heterocycles. The van der Waals surface area contributed by atoms with Crippen LogP contribution in [0, 0.1) is 6.92 Å². The van der Waals surface area contributed by atoms with E-state index in [0.29, 0.717) is 16.2 Å². The number of hydrogen-bond acceptors (Lipinski definition) is 3. The summed E-state index contributed by atoms with van der Waals surface area (Å²) in [5.41, 5.74) is 1.73. The van der Waals surface area contributed by atoms with Crippen LogP contribution in [0.5, 0.6) is 5.75 Å². The standard InChI is InChI=1S/C13H11BrO2S/c1-8-3-4-10(14)9(7-8)12(15)13-11(16-2)5-6-17-13/h3-7H,1-2H3. The molecule has 1 heterocycles. The first-order chi connectivity index (χ1) is 8.13. The van der Waals surface area contributed by atoms with Crippen LogP contribution in [-0.4, -0.2) is 12.9 Å². The Bertz CT molecular complexity index is 560. The lowest BCUT2D eigenvalue weighted by molar-refractivity contribution is 0.103. The van der Waals surface area contributed by atoms with Crippen LogP contribution < -0.4 is 4.74 Å². The summed E-state index contributed by atoms with van der Waals surface area (Å²) in [6.07, 6.45) is 0. The zero-order chi connectivity index (χ0) is 12.4. The Hall–Kier alpha value is -1.13. The summed E-state index contributed by atoms with van der Waals surface area (Å²) in [6, 6.07) is 7.54. The molecule has 2 nitrogen and oxygen atoms in total. The molecule has 0 fully saturated rings. The van der Waals surface area contributed by atoms with Gasteiger partial charge in [-0.1, -0.05) is 27.6 Å². The van der Waals surface area contributed by atoms with Gasteiger partial charge in [0.05, 0.1) is 7.11 Å². The van der Waals surface area contributed by atoms with Crippen molar-refractivity contribution < 1.29 is 9.53 Å². The lowest BCUT2D eigenvalue weighted by atomic mass is 10.1. The van der Waals surface area contributed by atoms with Gasteiger partial charge in [-0.05, 0) is 30.5 Å². The summed E-state index contributed by atoms with van der Waals surface area (Å²) in [6.45, 7) is 1.97. The van der Waals surface area contributed by atoms with E-state index in [1.807, 2.05) is 36.6 Å². The molecule has 0 spiro atoms. The van der Waals surface area contributed by atoms with Crippen molar-refractivity contribution in [3.05, 3.63) is 50.1 Å². The van der Waals surface area contributed by atoms with Crippen LogP contribution >= 0.6 is 27.3 Å². The van der Waals surface area contributed by atoms with Crippen LogP contribution in [0.25, 0.3) is 0 Å². The molecule has 4 heteroatoms. The van der Waals surface area contributed by atoms with Crippen LogP contribution in [0.3, 0.4) is 0 Å². The van der Waals surface area contributed by atoms with Crippen LogP contribution in [0.4, 0.5) is 0 Å². The predicted molar refractivity (Wildman–Crippen MR) is 73.2 cm³/mol. The molecule has 0 bridgehead atoms. The smallest absolute Gasteiger partial charge is 0.207 e. The van der Waals surface area contributed by atoms with Crippen molar-refractivity contribution in [2.75, 3.05) is 7.11 Å². The number of hydrogen-bond donors (Lipinski definition) is 0. The van der Waals surface area contributed by atoms with Gasteiger partial charge in [-0.15, -0.1) is 11.3 Å². The second-order valence-corrected chi connectivity index (χ2v) is 5.40. The quantitative estimate of drug-likeness (QED) is 0.799. The number of thiophene rings is 1. The summed E-state index contributed by atoms with van der Waals surface area (Å²) in [4.78, 5) is 13.0. The van der Waals surface area contributed by atoms with Crippen LogP contribution in [-0.2, 0) is 0 Å². The number of halogens is 1. The monoisotopic (exact) mass is 310 g/mol. The second kappa shape index (κ2) is 5.02. The summed E-state index contributed by atoms with van der Waals surface area (Å²) in [5.74, 6) is 0.626. The maximum Gasteiger partial charge on any atom is 0.207 e. The van der Waals surface area contributed by atoms with Crippen molar-refractivity contribution in [3.8, 4) is 5.75 Å². The molecule has 2 rings (SSSR count). The fourth-order valence-electron chi connectivity index (χ4n) is 1.56. The minimum atomic E-state index is -0.00701. The maximum absolute atomic E-state index is 12.4. The minimum absolute atomic E-state index is 0.00701. The Labute approximate surface area is 112 Å². The molecule has 0 N–H and O–H groups in total. The van der Waals surface area contributed by atoms with Gasteiger partial charge in [-0.2, -0.15) is 0 Å². The molecule has 0 radical (unpaired) electrons. The molecule has 0 unspecified atom stereocenters. The van der Waals surface area contributed by atoms with Gasteiger partial charge in [0.25, 0.3) is 0 Å². The SMILES string of the molecule is COc1ccsc1C(=O)c1cc(C)ccc1Br. The van der Waals surface area contributed by atoms with Gasteiger partial charge in [0.1, 0.15) is 10.6 Å². The van der Waals surface area contributed by atoms with E-state index in [4.69, 9.17) is 4.74 Å². The Morgan fingerprint density at radius 3 is 2.82 bits per heavy atom. The number of methoxy groups -OCH3 is 1. The number of carbonyl (C=O) groups is 1. The minimum Gasteiger partial charge on any atom is -0.495 e. The average Bonchev–Trinajstić information content (AvgIpc) is 2.79. The third-order valence-electron chi connectivity index (χ3n) is 2.42. The van der Waals surface area contributed by atoms with Gasteiger partial charge < -0.3 is 4.74 Å². The van der Waals surface area contributed by atoms with Gasteiger partial charge in [-0.3, -0.25) is 4.79 Å². The number of ketones is 1. The first-order valence-corrected chi connectivity index (χ1v) is 6.73. The molecule has 88 valence electrons. The molecule has 1 aromatic carbocycles. The van der Waals surface area contributed by atoms with Gasteiger partial charge in [0.15, 0.2) is 0 Å². The summed E-state index contributed by atoms with van der Waals surface area (Å²) < 4.78 is 5.98. The van der Waals surface area contributed by atoms with E-state index in [1.165, 1.54) is 11.3 Å². The fraction of sp³-hybridized carbons (Fsp3) is 0.154. The third kappa shape index (κ3) is 2.42. The van der Waals surface area contributed by atoms with Crippen molar-refractivity contribution in [1.29, 1.82) is 0 Å². The summed E-state index contributed by atoms with van der Waals surface area (Å²) in [7, 11) is 1.57. The van der Waals surface area contributed by atoms with Crippen LogP contribution in [0.15, 0.2) is 34.1 Å². The number of aryl methyl sites for hydroxylation is 1. The van der Waals surface area contributed by atoms with Crippen molar-refractivity contribution >= 4 is 33.0 Å². The van der Waals surface area contributed by atoms with E-state index >= 15 is 0 Å². The number of carbonyl (C=O) groups excluding carboxylic acids is 1. The first kappa shape index (κ1) is 12.3. The van der Waals surface area contributed by atoms with E-state index < -0.39 is 0 Å². The molecule has 17 heavy (non-hydrogen) atoms. The van der Waals surface area contributed by atoms with Gasteiger partial charge in [0.2, 0.25) is 5.78 Å². The summed E-state index contributed by atoms with van der Waals surface area (Å²) >= 11 is 4.80. The highest BCUT2D eigenvalue weighted by Gasteiger charge is 2.18. The number of rotatable bonds is 3. The van der Waals surface area contributed by atoms with Gasteiger partial charge in [-0.25, -0.2) is 0 Å². The molecule has 2 aromatic rings. The lowest BCUT2D eigenvalue weighted by Crippen LogP contribution is -2.02. The number of benzene rings is 1. The Kier molecular flexibility index (Phi) is 3.64. The highest BCUT2D eigenvalue weighted by molar-refractivity contribution is 9.10. The second-order valence-electron chi connectivity index (χ2n) is 3.63. The molecule has 0 aliphatic rings. The molecule has 0 saturated carbocycles. The van der Waals surface area contributed by atoms with Crippen LogP contribution in [0.2, 0.25) is 0 Å². The van der Waals surface area contributed by atoms with E-state index in [1.54, 1.807) is 7.11 Å². The molecular weight excluding hydrogens is 300 g/mol. The van der Waals surface area contributed by atoms with Gasteiger partial charge in [0, 0.05) is 10.0 Å². The van der Waals surface area contributed by atoms with E-state index in [-0.39, 0.29) is 5.78 Å². The molecule has 0 saturated heterocycles. The molecule has 0 amide bonds. The van der Waals surface area contributed by atoms with Gasteiger partial charge >= 0.3 is 0 Å². The van der Waals surface area contributed by atoms with E-state index in [0.717, 1.165) is 10.0 Å². The van der Waals surface area contributed by atoms with E-state index in [2.05, 4.69) is 15.9 Å². The van der Waals surface area contributed by atoms with Crippen molar-refractivity contribution in [3.63, 3.8) is 0 Å². The molecule has 0 atom stereocenters. The molecule has 1 aromatic heterocycles. The Balaban J connectivity index is 2.47. The topological polar surface area (TPSA) is 26.3 Å². The normalized spacial score (nSPS) is 10.3. The van der Waals surface area contributed by atoms with Crippen molar-refractivity contribution in [2.45, 2.75) is 6.92 Å². The Morgan fingerprint density at radius 2 is 2.12 bits per heavy atom. The molecule has 0 aliphatic carbocycles. The van der Waals surface area contributed by atoms with E-state index in [9.17, 15) is 4.79 Å². The highest BCUT2D eigenvalue weighted by Crippen LogP contribution is 2.30. The fourth-order valence-corrected chi connectivity index (χ4v) is 2.80. The zero-order valence-corrected chi connectivity index (χ0v) is 11.9. The molecular formula is C13H11BrO2S. The Morgan fingerprint density at radius 1 is 1.35 bits per heavy atom. The summed E-state index contributed by atoms with van der Waals surface area (Å²) in [5, 5.41) is 1.86. The highest BCUT2D eigenvalue weighted by atomic mass is 79.9. The maximum atomic E-state index is 12.4.